The number of nitrogens with zero attached hydrogens (tertiary/aromatic N) is 3. The quantitative estimate of drug-likeness (QED) is 0.587. The van der Waals surface area contributed by atoms with Gasteiger partial charge in [-0.1, -0.05) is 44.2 Å². The smallest absolute Gasteiger partial charge is 0.191 e. The van der Waals surface area contributed by atoms with Crippen LogP contribution in [0.5, 0.6) is 0 Å². The van der Waals surface area contributed by atoms with Crippen LogP contribution in [0.2, 0.25) is 0 Å². The Kier molecular flexibility index (Phi) is 8.22. The maximum atomic E-state index is 4.37. The van der Waals surface area contributed by atoms with Crippen LogP contribution in [0.3, 0.4) is 0 Å². The van der Waals surface area contributed by atoms with Crippen LogP contribution in [-0.4, -0.2) is 68.6 Å². The number of hydrogen-bond acceptors (Lipinski definition) is 3. The van der Waals surface area contributed by atoms with Crippen LogP contribution in [0.15, 0.2) is 35.3 Å². The van der Waals surface area contributed by atoms with Gasteiger partial charge in [-0.25, -0.2) is 0 Å². The van der Waals surface area contributed by atoms with Gasteiger partial charge in [-0.15, -0.1) is 0 Å². The molecule has 2 unspecified atom stereocenters. The van der Waals surface area contributed by atoms with E-state index in [1.165, 1.54) is 38.3 Å². The second kappa shape index (κ2) is 10.4. The molecular formula is C20H35N5. The third-order valence-electron chi connectivity index (χ3n) is 4.98. The summed E-state index contributed by atoms with van der Waals surface area (Å²) in [6.45, 7) is 14.8. The van der Waals surface area contributed by atoms with E-state index in [1.54, 1.807) is 0 Å². The molecule has 0 aromatic heterocycles. The molecule has 5 heteroatoms. The lowest BCUT2D eigenvalue weighted by molar-refractivity contribution is 0.124. The molecule has 1 saturated heterocycles. The lowest BCUT2D eigenvalue weighted by atomic mass is 10.1. The van der Waals surface area contributed by atoms with Crippen LogP contribution < -0.4 is 10.6 Å². The highest BCUT2D eigenvalue weighted by Crippen LogP contribution is 2.10. The van der Waals surface area contributed by atoms with Gasteiger partial charge in [0.05, 0.1) is 6.04 Å². The maximum absolute atomic E-state index is 4.37. The zero-order chi connectivity index (χ0) is 18.1. The third-order valence-corrected chi connectivity index (χ3v) is 4.98. The van der Waals surface area contributed by atoms with E-state index in [1.807, 2.05) is 13.1 Å². The van der Waals surface area contributed by atoms with E-state index < -0.39 is 0 Å². The molecule has 5 nitrogen and oxygen atoms in total. The number of aliphatic imine (C=N–C) groups is 1. The van der Waals surface area contributed by atoms with Crippen LogP contribution in [0.4, 0.5) is 0 Å². The normalized spacial score (nSPS) is 19.4. The Morgan fingerprint density at radius 2 is 1.72 bits per heavy atom. The third kappa shape index (κ3) is 6.67. The van der Waals surface area contributed by atoms with Gasteiger partial charge in [-0.05, 0) is 24.9 Å². The summed E-state index contributed by atoms with van der Waals surface area (Å²) in [7, 11) is 1.84. The van der Waals surface area contributed by atoms with Crippen molar-refractivity contribution in [1.82, 2.24) is 20.4 Å². The van der Waals surface area contributed by atoms with Crippen molar-refractivity contribution < 1.29 is 0 Å². The van der Waals surface area contributed by atoms with Gasteiger partial charge in [-0.3, -0.25) is 4.99 Å². The van der Waals surface area contributed by atoms with Crippen molar-refractivity contribution in [2.24, 2.45) is 10.9 Å². The van der Waals surface area contributed by atoms with Crippen molar-refractivity contribution in [1.29, 1.82) is 0 Å². The van der Waals surface area contributed by atoms with Gasteiger partial charge in [0, 0.05) is 46.3 Å². The molecule has 2 rings (SSSR count). The van der Waals surface area contributed by atoms with Gasteiger partial charge in [0.1, 0.15) is 0 Å². The van der Waals surface area contributed by atoms with Gasteiger partial charge < -0.3 is 20.4 Å². The standard InChI is InChI=1S/C20H35N5/c1-5-24-11-13-25(14-12-24)16-17(2)15-22-20(21-4)23-18(3)19-9-7-6-8-10-19/h6-10,17-18H,5,11-16H2,1-4H3,(H2,21,22,23). The van der Waals surface area contributed by atoms with E-state index in [0.29, 0.717) is 5.92 Å². The monoisotopic (exact) mass is 345 g/mol. The van der Waals surface area contributed by atoms with Crippen molar-refractivity contribution >= 4 is 5.96 Å². The predicted octanol–water partition coefficient (Wildman–Crippen LogP) is 2.19. The van der Waals surface area contributed by atoms with Gasteiger partial charge in [0.25, 0.3) is 0 Å². The second-order valence-corrected chi connectivity index (χ2v) is 7.07. The van der Waals surface area contributed by atoms with Gasteiger partial charge in [0.2, 0.25) is 0 Å². The molecule has 0 bridgehead atoms. The molecule has 1 aliphatic rings. The Morgan fingerprint density at radius 3 is 2.32 bits per heavy atom. The van der Waals surface area contributed by atoms with Crippen molar-refractivity contribution in [3.05, 3.63) is 35.9 Å². The molecule has 0 amide bonds. The molecule has 0 saturated carbocycles. The predicted molar refractivity (Wildman–Crippen MR) is 107 cm³/mol. The van der Waals surface area contributed by atoms with Crippen LogP contribution in [0, 0.1) is 5.92 Å². The summed E-state index contributed by atoms with van der Waals surface area (Å²) in [5.41, 5.74) is 1.27. The Bertz CT molecular complexity index is 508. The molecule has 0 aliphatic carbocycles. The summed E-state index contributed by atoms with van der Waals surface area (Å²) in [6.07, 6.45) is 0. The molecule has 0 radical (unpaired) electrons. The molecule has 1 fully saturated rings. The Morgan fingerprint density at radius 1 is 1.08 bits per heavy atom. The molecular weight excluding hydrogens is 310 g/mol. The van der Waals surface area contributed by atoms with Gasteiger partial charge in [0.15, 0.2) is 5.96 Å². The van der Waals surface area contributed by atoms with Crippen molar-refractivity contribution in [2.45, 2.75) is 26.8 Å². The fourth-order valence-electron chi connectivity index (χ4n) is 3.29. The summed E-state index contributed by atoms with van der Waals surface area (Å²) in [5, 5.41) is 6.96. The molecule has 1 aliphatic heterocycles. The SMILES string of the molecule is CCN1CCN(CC(C)CNC(=NC)NC(C)c2ccccc2)CC1. The minimum atomic E-state index is 0.241. The highest BCUT2D eigenvalue weighted by Gasteiger charge is 2.17. The number of guanidine groups is 1. The van der Waals surface area contributed by atoms with Gasteiger partial charge >= 0.3 is 0 Å². The van der Waals surface area contributed by atoms with Crippen molar-refractivity contribution in [3.8, 4) is 0 Å². The van der Waals surface area contributed by atoms with E-state index in [9.17, 15) is 0 Å². The molecule has 2 atom stereocenters. The lowest BCUT2D eigenvalue weighted by Crippen LogP contribution is -2.48. The first kappa shape index (κ1) is 19.7. The maximum Gasteiger partial charge on any atom is 0.191 e. The molecule has 1 heterocycles. The van der Waals surface area contributed by atoms with Crippen LogP contribution in [0.25, 0.3) is 0 Å². The highest BCUT2D eigenvalue weighted by atomic mass is 15.3. The second-order valence-electron chi connectivity index (χ2n) is 7.07. The van der Waals surface area contributed by atoms with Crippen LogP contribution in [-0.2, 0) is 0 Å². The summed E-state index contributed by atoms with van der Waals surface area (Å²) in [4.78, 5) is 9.48. The average molecular weight is 346 g/mol. The summed E-state index contributed by atoms with van der Waals surface area (Å²) in [5.74, 6) is 1.47. The molecule has 2 N–H and O–H groups in total. The first-order valence-corrected chi connectivity index (χ1v) is 9.59. The fraction of sp³-hybridized carbons (Fsp3) is 0.650. The largest absolute Gasteiger partial charge is 0.356 e. The zero-order valence-electron chi connectivity index (χ0n) is 16.3. The molecule has 1 aromatic carbocycles. The van der Waals surface area contributed by atoms with Crippen molar-refractivity contribution in [3.63, 3.8) is 0 Å². The topological polar surface area (TPSA) is 42.9 Å². The molecule has 1 aromatic rings. The van der Waals surface area contributed by atoms with E-state index >= 15 is 0 Å². The minimum absolute atomic E-state index is 0.241. The zero-order valence-corrected chi connectivity index (χ0v) is 16.3. The minimum Gasteiger partial charge on any atom is -0.356 e. The van der Waals surface area contributed by atoms with Crippen LogP contribution in [0.1, 0.15) is 32.4 Å². The molecule has 25 heavy (non-hydrogen) atoms. The summed E-state index contributed by atoms with van der Waals surface area (Å²) in [6, 6.07) is 10.7. The van der Waals surface area contributed by atoms with E-state index in [0.717, 1.165) is 19.0 Å². The molecule has 140 valence electrons. The average Bonchev–Trinajstić information content (AvgIpc) is 2.66. The Labute approximate surface area is 153 Å². The van der Waals surface area contributed by atoms with E-state index in [4.69, 9.17) is 0 Å². The number of hydrogen-bond donors (Lipinski definition) is 2. The fourth-order valence-corrected chi connectivity index (χ4v) is 3.29. The summed E-state index contributed by atoms with van der Waals surface area (Å²) < 4.78 is 0. The number of piperazine rings is 1. The van der Waals surface area contributed by atoms with Crippen molar-refractivity contribution in [2.75, 3.05) is 52.9 Å². The Hall–Kier alpha value is -1.59. The van der Waals surface area contributed by atoms with Gasteiger partial charge in [-0.2, -0.15) is 0 Å². The lowest BCUT2D eigenvalue weighted by Gasteiger charge is -2.35. The first-order chi connectivity index (χ1) is 12.1. The number of nitrogens with one attached hydrogen (secondary N) is 2. The van der Waals surface area contributed by atoms with E-state index in [2.05, 4.69) is 70.5 Å². The molecule has 0 spiro atoms. The number of benzene rings is 1. The highest BCUT2D eigenvalue weighted by molar-refractivity contribution is 5.80. The van der Waals surface area contributed by atoms with E-state index in [-0.39, 0.29) is 6.04 Å². The first-order valence-electron chi connectivity index (χ1n) is 9.59. The number of likely N-dealkylation sites (N-methyl/N-ethyl adjacent to an activating group) is 1. The van der Waals surface area contributed by atoms with Crippen LogP contribution >= 0.6 is 0 Å². The summed E-state index contributed by atoms with van der Waals surface area (Å²) >= 11 is 0. The Balaban J connectivity index is 1.71. The number of rotatable bonds is 7.